The van der Waals surface area contributed by atoms with Gasteiger partial charge in [-0.15, -0.1) is 0 Å². The van der Waals surface area contributed by atoms with E-state index in [9.17, 15) is 0 Å². The molecule has 0 radical (unpaired) electrons. The summed E-state index contributed by atoms with van der Waals surface area (Å²) in [5, 5.41) is 0. The van der Waals surface area contributed by atoms with Gasteiger partial charge in [-0.05, 0) is 31.2 Å². The predicted octanol–water partition coefficient (Wildman–Crippen LogP) is 2.61. The first-order valence-corrected chi connectivity index (χ1v) is 7.32. The van der Waals surface area contributed by atoms with Gasteiger partial charge in [0.15, 0.2) is 0 Å². The molecule has 0 saturated carbocycles. The van der Waals surface area contributed by atoms with Gasteiger partial charge in [0, 0.05) is 18.8 Å². The Bertz CT molecular complexity index is 362. The molecule has 1 aromatic carbocycles. The summed E-state index contributed by atoms with van der Waals surface area (Å²) in [7, 11) is 0. The zero-order valence-corrected chi connectivity index (χ0v) is 11.1. The van der Waals surface area contributed by atoms with Crippen molar-refractivity contribution in [3.05, 3.63) is 18.2 Å². The normalized spacial score (nSPS) is 16.6. The second kappa shape index (κ2) is 6.05. The van der Waals surface area contributed by atoms with Crippen LogP contribution < -0.4 is 15.4 Å². The molecule has 0 amide bonds. The molecule has 2 rings (SSSR count). The molecule has 0 aliphatic carbocycles. The number of para-hydroxylation sites is 1. The zero-order chi connectivity index (χ0) is 12.1. The number of anilines is 2. The van der Waals surface area contributed by atoms with E-state index in [1.165, 1.54) is 17.9 Å². The van der Waals surface area contributed by atoms with E-state index in [4.69, 9.17) is 10.5 Å². The molecule has 1 aromatic rings. The maximum atomic E-state index is 6.18. The lowest BCUT2D eigenvalue weighted by atomic mass is 10.2. The number of ether oxygens (including phenoxy) is 1. The number of nitrogens with two attached hydrogens (primary N) is 1. The van der Waals surface area contributed by atoms with E-state index in [0.717, 1.165) is 30.2 Å². The fourth-order valence-corrected chi connectivity index (χ4v) is 2.96. The van der Waals surface area contributed by atoms with Gasteiger partial charge in [-0.25, -0.2) is 0 Å². The van der Waals surface area contributed by atoms with E-state index in [2.05, 4.69) is 11.0 Å². The number of hydrogen-bond donors (Lipinski definition) is 1. The molecule has 0 aromatic heterocycles. The van der Waals surface area contributed by atoms with Crippen LogP contribution in [0.1, 0.15) is 13.3 Å². The van der Waals surface area contributed by atoms with E-state index in [1.807, 2.05) is 30.8 Å². The van der Waals surface area contributed by atoms with Crippen molar-refractivity contribution in [2.75, 3.05) is 41.8 Å². The number of nitrogen functional groups attached to an aromatic ring is 1. The van der Waals surface area contributed by atoms with Crippen molar-refractivity contribution in [1.82, 2.24) is 0 Å². The second-order valence-corrected chi connectivity index (χ2v) is 5.30. The average molecular weight is 252 g/mol. The summed E-state index contributed by atoms with van der Waals surface area (Å²) in [5.74, 6) is 3.24. The SMILES string of the molecule is CCOc1cccc(N2CCCSCC2)c1N. The zero-order valence-electron chi connectivity index (χ0n) is 10.3. The van der Waals surface area contributed by atoms with Crippen LogP contribution in [0.5, 0.6) is 5.75 Å². The Balaban J connectivity index is 2.21. The second-order valence-electron chi connectivity index (χ2n) is 4.07. The lowest BCUT2D eigenvalue weighted by Gasteiger charge is -2.24. The lowest BCUT2D eigenvalue weighted by molar-refractivity contribution is 0.342. The highest BCUT2D eigenvalue weighted by Gasteiger charge is 2.14. The third kappa shape index (κ3) is 3.00. The van der Waals surface area contributed by atoms with E-state index >= 15 is 0 Å². The fraction of sp³-hybridized carbons (Fsp3) is 0.538. The number of nitrogens with zero attached hydrogens (tertiary/aromatic N) is 1. The van der Waals surface area contributed by atoms with E-state index in [-0.39, 0.29) is 0 Å². The number of hydrogen-bond acceptors (Lipinski definition) is 4. The van der Waals surface area contributed by atoms with Crippen LogP contribution in [0.25, 0.3) is 0 Å². The van der Waals surface area contributed by atoms with Gasteiger partial charge in [0.25, 0.3) is 0 Å². The first-order valence-electron chi connectivity index (χ1n) is 6.17. The van der Waals surface area contributed by atoms with Crippen molar-refractivity contribution < 1.29 is 4.74 Å². The molecule has 1 saturated heterocycles. The van der Waals surface area contributed by atoms with Gasteiger partial charge >= 0.3 is 0 Å². The highest BCUT2D eigenvalue weighted by atomic mass is 32.2. The van der Waals surface area contributed by atoms with Crippen molar-refractivity contribution >= 4 is 23.1 Å². The quantitative estimate of drug-likeness (QED) is 0.839. The monoisotopic (exact) mass is 252 g/mol. The molecule has 2 N–H and O–H groups in total. The predicted molar refractivity (Wildman–Crippen MR) is 76.2 cm³/mol. The minimum atomic E-state index is 0.656. The van der Waals surface area contributed by atoms with Crippen LogP contribution in [0.2, 0.25) is 0 Å². The summed E-state index contributed by atoms with van der Waals surface area (Å²) in [6, 6.07) is 6.05. The van der Waals surface area contributed by atoms with Crippen LogP contribution in [0.15, 0.2) is 18.2 Å². The summed E-state index contributed by atoms with van der Waals surface area (Å²) >= 11 is 2.02. The molecule has 0 unspecified atom stereocenters. The van der Waals surface area contributed by atoms with Crippen LogP contribution in [-0.2, 0) is 0 Å². The Hall–Kier alpha value is -1.03. The number of rotatable bonds is 3. The Labute approximate surface area is 107 Å². The van der Waals surface area contributed by atoms with E-state index < -0.39 is 0 Å². The topological polar surface area (TPSA) is 38.5 Å². The van der Waals surface area contributed by atoms with Crippen molar-refractivity contribution in [3.8, 4) is 5.75 Å². The number of benzene rings is 1. The third-order valence-corrected chi connectivity index (χ3v) is 3.95. The van der Waals surface area contributed by atoms with Gasteiger partial charge in [0.05, 0.1) is 18.0 Å². The van der Waals surface area contributed by atoms with Crippen LogP contribution in [0.3, 0.4) is 0 Å². The molecule has 1 aliphatic rings. The molecule has 0 atom stereocenters. The van der Waals surface area contributed by atoms with Crippen molar-refractivity contribution in [2.45, 2.75) is 13.3 Å². The highest BCUT2D eigenvalue weighted by Crippen LogP contribution is 2.33. The first kappa shape index (κ1) is 12.4. The molecular formula is C13H20N2OS. The van der Waals surface area contributed by atoms with Crippen molar-refractivity contribution in [3.63, 3.8) is 0 Å². The summed E-state index contributed by atoms with van der Waals surface area (Å²) in [6.45, 7) is 4.80. The summed E-state index contributed by atoms with van der Waals surface area (Å²) < 4.78 is 5.54. The molecule has 1 aliphatic heterocycles. The van der Waals surface area contributed by atoms with E-state index in [0.29, 0.717) is 6.61 Å². The van der Waals surface area contributed by atoms with Crippen molar-refractivity contribution in [2.24, 2.45) is 0 Å². The third-order valence-electron chi connectivity index (χ3n) is 2.91. The van der Waals surface area contributed by atoms with Crippen LogP contribution >= 0.6 is 11.8 Å². The molecule has 17 heavy (non-hydrogen) atoms. The minimum Gasteiger partial charge on any atom is -0.492 e. The maximum absolute atomic E-state index is 6.18. The van der Waals surface area contributed by atoms with Crippen LogP contribution in [0.4, 0.5) is 11.4 Å². The smallest absolute Gasteiger partial charge is 0.144 e. The van der Waals surface area contributed by atoms with Gasteiger partial charge in [-0.1, -0.05) is 6.07 Å². The van der Waals surface area contributed by atoms with Crippen LogP contribution in [0, 0.1) is 0 Å². The average Bonchev–Trinajstić information content (AvgIpc) is 2.61. The Morgan fingerprint density at radius 3 is 3.06 bits per heavy atom. The summed E-state index contributed by atoms with van der Waals surface area (Å²) in [4.78, 5) is 2.37. The summed E-state index contributed by atoms with van der Waals surface area (Å²) in [5.41, 5.74) is 8.08. The molecule has 4 heteroatoms. The largest absolute Gasteiger partial charge is 0.492 e. The van der Waals surface area contributed by atoms with Gasteiger partial charge < -0.3 is 15.4 Å². The van der Waals surface area contributed by atoms with Crippen molar-refractivity contribution in [1.29, 1.82) is 0 Å². The molecule has 0 spiro atoms. The van der Waals surface area contributed by atoms with Gasteiger partial charge in [0.2, 0.25) is 0 Å². The standard InChI is InChI=1S/C13H20N2OS/c1-2-16-12-6-3-5-11(13(12)14)15-7-4-9-17-10-8-15/h3,5-6H,2,4,7-10,14H2,1H3. The van der Waals surface area contributed by atoms with Crippen LogP contribution in [-0.4, -0.2) is 31.2 Å². The maximum Gasteiger partial charge on any atom is 0.144 e. The number of thioether (sulfide) groups is 1. The molecule has 1 fully saturated rings. The van der Waals surface area contributed by atoms with Gasteiger partial charge in [-0.3, -0.25) is 0 Å². The van der Waals surface area contributed by atoms with E-state index in [1.54, 1.807) is 0 Å². The first-order chi connectivity index (χ1) is 8.33. The highest BCUT2D eigenvalue weighted by molar-refractivity contribution is 7.99. The Morgan fingerprint density at radius 2 is 2.24 bits per heavy atom. The molecular weight excluding hydrogens is 232 g/mol. The van der Waals surface area contributed by atoms with Gasteiger partial charge in [-0.2, -0.15) is 11.8 Å². The Kier molecular flexibility index (Phi) is 4.42. The Morgan fingerprint density at radius 1 is 1.35 bits per heavy atom. The fourth-order valence-electron chi connectivity index (χ4n) is 2.08. The summed E-state index contributed by atoms with van der Waals surface area (Å²) in [6.07, 6.45) is 1.23. The minimum absolute atomic E-state index is 0.656. The lowest BCUT2D eigenvalue weighted by Crippen LogP contribution is -2.26. The molecule has 3 nitrogen and oxygen atoms in total. The molecule has 94 valence electrons. The van der Waals surface area contributed by atoms with Gasteiger partial charge in [0.1, 0.15) is 5.75 Å². The molecule has 1 heterocycles. The molecule has 0 bridgehead atoms.